The summed E-state index contributed by atoms with van der Waals surface area (Å²) in [6.45, 7) is 4.30. The molecule has 2 rings (SSSR count). The normalized spacial score (nSPS) is 11.2. The van der Waals surface area contributed by atoms with E-state index in [0.29, 0.717) is 17.2 Å². The first-order chi connectivity index (χ1) is 9.61. The molecular weight excluding hydrogens is 250 g/mol. The lowest BCUT2D eigenvalue weighted by molar-refractivity contribution is 0.373. The molecule has 1 N–H and O–H groups in total. The molecule has 0 saturated carbocycles. The van der Waals surface area contributed by atoms with Crippen LogP contribution in [-0.2, 0) is 0 Å². The van der Waals surface area contributed by atoms with Crippen LogP contribution in [0.15, 0.2) is 47.5 Å². The number of hydrogen-bond acceptors (Lipinski definition) is 3. The van der Waals surface area contributed by atoms with Gasteiger partial charge in [-0.25, -0.2) is 0 Å². The summed E-state index contributed by atoms with van der Waals surface area (Å²) >= 11 is 0. The van der Waals surface area contributed by atoms with Crippen LogP contribution in [0.4, 0.5) is 5.69 Å². The fraction of sp³-hybridized carbons (Fsp3) is 0.235. The summed E-state index contributed by atoms with van der Waals surface area (Å²) < 4.78 is 5.08. The van der Waals surface area contributed by atoms with Crippen molar-refractivity contribution in [3.8, 4) is 11.5 Å². The van der Waals surface area contributed by atoms with Crippen molar-refractivity contribution in [2.75, 3.05) is 7.11 Å². The molecular formula is C17H19NO2. The highest BCUT2D eigenvalue weighted by Crippen LogP contribution is 2.28. The van der Waals surface area contributed by atoms with Gasteiger partial charge in [0.05, 0.1) is 12.8 Å². The van der Waals surface area contributed by atoms with Gasteiger partial charge in [0, 0.05) is 11.8 Å². The topological polar surface area (TPSA) is 41.8 Å². The van der Waals surface area contributed by atoms with E-state index in [1.807, 2.05) is 18.2 Å². The molecule has 104 valence electrons. The van der Waals surface area contributed by atoms with Crippen LogP contribution in [0.2, 0.25) is 0 Å². The third-order valence-corrected chi connectivity index (χ3v) is 3.14. The Kier molecular flexibility index (Phi) is 4.41. The zero-order chi connectivity index (χ0) is 14.5. The molecule has 3 heteroatoms. The lowest BCUT2D eigenvalue weighted by Gasteiger charge is -2.06. The molecule has 0 aliphatic rings. The molecule has 0 radical (unpaired) electrons. The first kappa shape index (κ1) is 14.1. The van der Waals surface area contributed by atoms with Gasteiger partial charge >= 0.3 is 0 Å². The Bertz CT molecular complexity index is 618. The summed E-state index contributed by atoms with van der Waals surface area (Å²) in [6.07, 6.45) is 1.65. The highest BCUT2D eigenvalue weighted by Gasteiger charge is 2.05. The number of methoxy groups -OCH3 is 1. The van der Waals surface area contributed by atoms with Gasteiger partial charge in [-0.05, 0) is 35.7 Å². The van der Waals surface area contributed by atoms with Gasteiger partial charge < -0.3 is 9.84 Å². The largest absolute Gasteiger partial charge is 0.504 e. The molecule has 20 heavy (non-hydrogen) atoms. The Morgan fingerprint density at radius 1 is 1.15 bits per heavy atom. The SMILES string of the molecule is COc1cccc(C=Nc2cccc(C(C)C)c2)c1O. The van der Waals surface area contributed by atoms with Crippen molar-refractivity contribution in [3.05, 3.63) is 53.6 Å². The monoisotopic (exact) mass is 269 g/mol. The smallest absolute Gasteiger partial charge is 0.166 e. The van der Waals surface area contributed by atoms with E-state index in [4.69, 9.17) is 4.74 Å². The van der Waals surface area contributed by atoms with Crippen LogP contribution in [-0.4, -0.2) is 18.4 Å². The number of phenolic OH excluding ortho intramolecular Hbond substituents is 1. The Hall–Kier alpha value is -2.29. The predicted octanol–water partition coefficient (Wildman–Crippen LogP) is 4.27. The number of ether oxygens (including phenoxy) is 1. The number of phenols is 1. The molecule has 0 amide bonds. The maximum absolute atomic E-state index is 9.99. The minimum absolute atomic E-state index is 0.110. The molecule has 0 spiro atoms. The summed E-state index contributed by atoms with van der Waals surface area (Å²) in [4.78, 5) is 4.42. The second-order valence-electron chi connectivity index (χ2n) is 4.91. The Morgan fingerprint density at radius 2 is 1.90 bits per heavy atom. The van der Waals surface area contributed by atoms with Gasteiger partial charge in [0.15, 0.2) is 11.5 Å². The van der Waals surface area contributed by atoms with Crippen LogP contribution in [0.3, 0.4) is 0 Å². The lowest BCUT2D eigenvalue weighted by Crippen LogP contribution is -1.88. The molecule has 0 heterocycles. The van der Waals surface area contributed by atoms with E-state index in [1.54, 1.807) is 18.3 Å². The average Bonchev–Trinajstić information content (AvgIpc) is 2.46. The molecule has 0 atom stereocenters. The van der Waals surface area contributed by atoms with Crippen LogP contribution >= 0.6 is 0 Å². The van der Waals surface area contributed by atoms with Crippen LogP contribution in [0, 0.1) is 0 Å². The van der Waals surface area contributed by atoms with Gasteiger partial charge in [-0.15, -0.1) is 0 Å². The zero-order valence-corrected chi connectivity index (χ0v) is 12.0. The van der Waals surface area contributed by atoms with E-state index in [-0.39, 0.29) is 5.75 Å². The van der Waals surface area contributed by atoms with E-state index >= 15 is 0 Å². The van der Waals surface area contributed by atoms with Gasteiger partial charge in [0.25, 0.3) is 0 Å². The first-order valence-electron chi connectivity index (χ1n) is 6.62. The number of rotatable bonds is 4. The highest BCUT2D eigenvalue weighted by molar-refractivity contribution is 5.86. The van der Waals surface area contributed by atoms with Crippen LogP contribution in [0.5, 0.6) is 11.5 Å². The molecule has 2 aromatic rings. The van der Waals surface area contributed by atoms with Crippen molar-refractivity contribution in [3.63, 3.8) is 0 Å². The van der Waals surface area contributed by atoms with Gasteiger partial charge in [0.2, 0.25) is 0 Å². The fourth-order valence-corrected chi connectivity index (χ4v) is 1.92. The lowest BCUT2D eigenvalue weighted by atomic mass is 10.0. The quantitative estimate of drug-likeness (QED) is 0.842. The number of aliphatic imine (C=N–C) groups is 1. The molecule has 0 saturated heterocycles. The third kappa shape index (κ3) is 3.18. The van der Waals surface area contributed by atoms with Crippen molar-refractivity contribution in [1.29, 1.82) is 0 Å². The van der Waals surface area contributed by atoms with E-state index in [2.05, 4.69) is 31.0 Å². The van der Waals surface area contributed by atoms with Crippen LogP contribution in [0.1, 0.15) is 30.9 Å². The number of aromatic hydroxyl groups is 1. The zero-order valence-electron chi connectivity index (χ0n) is 12.0. The second-order valence-corrected chi connectivity index (χ2v) is 4.91. The maximum Gasteiger partial charge on any atom is 0.166 e. The third-order valence-electron chi connectivity index (χ3n) is 3.14. The van der Waals surface area contributed by atoms with Gasteiger partial charge in [-0.3, -0.25) is 4.99 Å². The van der Waals surface area contributed by atoms with E-state index in [9.17, 15) is 5.11 Å². The summed E-state index contributed by atoms with van der Waals surface area (Å²) in [6, 6.07) is 13.4. The number of nitrogens with zero attached hydrogens (tertiary/aromatic N) is 1. The van der Waals surface area contributed by atoms with Crippen molar-refractivity contribution < 1.29 is 9.84 Å². The Morgan fingerprint density at radius 3 is 2.60 bits per heavy atom. The molecule has 2 aromatic carbocycles. The van der Waals surface area contributed by atoms with Gasteiger partial charge in [-0.1, -0.05) is 32.0 Å². The van der Waals surface area contributed by atoms with Gasteiger partial charge in [-0.2, -0.15) is 0 Å². The average molecular weight is 269 g/mol. The van der Waals surface area contributed by atoms with Crippen LogP contribution in [0.25, 0.3) is 0 Å². The Balaban J connectivity index is 2.28. The van der Waals surface area contributed by atoms with E-state index in [1.165, 1.54) is 12.7 Å². The van der Waals surface area contributed by atoms with Crippen molar-refractivity contribution in [2.45, 2.75) is 19.8 Å². The summed E-state index contributed by atoms with van der Waals surface area (Å²) in [5, 5.41) is 9.99. The molecule has 0 aliphatic carbocycles. The summed E-state index contributed by atoms with van der Waals surface area (Å²) in [5.41, 5.74) is 2.76. The first-order valence-corrected chi connectivity index (χ1v) is 6.62. The maximum atomic E-state index is 9.99. The van der Waals surface area contributed by atoms with E-state index in [0.717, 1.165) is 5.69 Å². The van der Waals surface area contributed by atoms with Gasteiger partial charge in [0.1, 0.15) is 0 Å². The predicted molar refractivity (Wildman–Crippen MR) is 82.4 cm³/mol. The molecule has 3 nitrogen and oxygen atoms in total. The highest BCUT2D eigenvalue weighted by atomic mass is 16.5. The molecule has 0 aromatic heterocycles. The van der Waals surface area contributed by atoms with Crippen molar-refractivity contribution in [2.24, 2.45) is 4.99 Å². The summed E-state index contributed by atoms with van der Waals surface area (Å²) in [7, 11) is 1.53. The minimum atomic E-state index is 0.110. The number of para-hydroxylation sites is 1. The standard InChI is InChI=1S/C17H19NO2/c1-12(2)13-6-4-8-15(10-13)18-11-14-7-5-9-16(20-3)17(14)19/h4-12,19H,1-3H3. The molecule has 0 aliphatic heterocycles. The number of hydrogen-bond donors (Lipinski definition) is 1. The number of benzene rings is 2. The molecule has 0 fully saturated rings. The summed E-state index contributed by atoms with van der Waals surface area (Å²) in [5.74, 6) is 1.03. The van der Waals surface area contributed by atoms with E-state index < -0.39 is 0 Å². The minimum Gasteiger partial charge on any atom is -0.504 e. The van der Waals surface area contributed by atoms with Crippen molar-refractivity contribution in [1.82, 2.24) is 0 Å². The second kappa shape index (κ2) is 6.24. The molecule has 0 unspecified atom stereocenters. The fourth-order valence-electron chi connectivity index (χ4n) is 1.92. The van der Waals surface area contributed by atoms with Crippen molar-refractivity contribution >= 4 is 11.9 Å². The van der Waals surface area contributed by atoms with Crippen LogP contribution < -0.4 is 4.74 Å². The molecule has 0 bridgehead atoms. The Labute approximate surface area is 119 Å².